The average Bonchev–Trinajstić information content (AvgIpc) is 2.47. The number of hydrogen-bond donors (Lipinski definition) is 2. The van der Waals surface area contributed by atoms with E-state index in [-0.39, 0.29) is 24.0 Å². The van der Waals surface area contributed by atoms with Gasteiger partial charge < -0.3 is 15.8 Å². The number of nitrogens with zero attached hydrogens (tertiary/aromatic N) is 1. The Bertz CT molecular complexity index is 321. The van der Waals surface area contributed by atoms with Crippen LogP contribution < -0.4 is 11.1 Å². The molecule has 0 saturated heterocycles. The number of halogens is 1. The Morgan fingerprint density at radius 1 is 1.19 bits per heavy atom. The van der Waals surface area contributed by atoms with Crippen molar-refractivity contribution in [2.75, 3.05) is 13.7 Å². The van der Waals surface area contributed by atoms with Gasteiger partial charge in [-0.15, -0.1) is 24.0 Å². The minimum atomic E-state index is 0. The Morgan fingerprint density at radius 2 is 1.81 bits per heavy atom. The SMILES string of the molecule is COC1CCC(C)(CN=C(N)NC2CCCCC2)CC1.I. The molecule has 0 spiro atoms. The van der Waals surface area contributed by atoms with Gasteiger partial charge in [0.15, 0.2) is 5.96 Å². The van der Waals surface area contributed by atoms with E-state index < -0.39 is 0 Å². The summed E-state index contributed by atoms with van der Waals surface area (Å²) in [5.74, 6) is 0.645. The Labute approximate surface area is 146 Å². The van der Waals surface area contributed by atoms with Crippen molar-refractivity contribution in [3.8, 4) is 0 Å². The maximum absolute atomic E-state index is 6.05. The van der Waals surface area contributed by atoms with Gasteiger partial charge in [0.1, 0.15) is 0 Å². The first-order valence-electron chi connectivity index (χ1n) is 8.20. The summed E-state index contributed by atoms with van der Waals surface area (Å²) in [5.41, 5.74) is 6.35. The molecule has 2 fully saturated rings. The summed E-state index contributed by atoms with van der Waals surface area (Å²) in [6.45, 7) is 3.17. The predicted octanol–water partition coefficient (Wildman–Crippen LogP) is 3.44. The summed E-state index contributed by atoms with van der Waals surface area (Å²) in [6.07, 6.45) is 11.6. The van der Waals surface area contributed by atoms with Crippen LogP contribution in [-0.4, -0.2) is 31.8 Å². The lowest BCUT2D eigenvalue weighted by molar-refractivity contribution is 0.0352. The third-order valence-electron chi connectivity index (χ3n) is 5.06. The smallest absolute Gasteiger partial charge is 0.188 e. The normalized spacial score (nSPS) is 31.5. The molecule has 0 unspecified atom stereocenters. The van der Waals surface area contributed by atoms with Gasteiger partial charge in [0.25, 0.3) is 0 Å². The van der Waals surface area contributed by atoms with Crippen LogP contribution in [0.4, 0.5) is 0 Å². The Hall–Kier alpha value is -0.0400. The van der Waals surface area contributed by atoms with Crippen LogP contribution in [0, 0.1) is 5.41 Å². The fraction of sp³-hybridized carbons (Fsp3) is 0.938. The second-order valence-corrected chi connectivity index (χ2v) is 6.93. The van der Waals surface area contributed by atoms with Crippen molar-refractivity contribution in [3.05, 3.63) is 0 Å². The monoisotopic (exact) mass is 409 g/mol. The lowest BCUT2D eigenvalue weighted by Crippen LogP contribution is -2.42. The van der Waals surface area contributed by atoms with Gasteiger partial charge in [0.2, 0.25) is 0 Å². The molecular formula is C16H32IN3O. The van der Waals surface area contributed by atoms with Gasteiger partial charge in [0, 0.05) is 19.7 Å². The third kappa shape index (κ3) is 6.30. The molecule has 2 saturated carbocycles. The van der Waals surface area contributed by atoms with Crippen LogP contribution >= 0.6 is 24.0 Å². The topological polar surface area (TPSA) is 59.6 Å². The van der Waals surface area contributed by atoms with E-state index in [1.54, 1.807) is 0 Å². The first-order valence-corrected chi connectivity index (χ1v) is 8.20. The van der Waals surface area contributed by atoms with Crippen molar-refractivity contribution in [1.82, 2.24) is 5.32 Å². The number of ether oxygens (including phenoxy) is 1. The molecule has 0 aromatic rings. The molecule has 0 heterocycles. The Balaban J connectivity index is 0.00000220. The molecule has 0 aliphatic heterocycles. The van der Waals surface area contributed by atoms with Gasteiger partial charge in [0.05, 0.1) is 6.10 Å². The van der Waals surface area contributed by atoms with Crippen molar-refractivity contribution >= 4 is 29.9 Å². The molecule has 3 N–H and O–H groups in total. The van der Waals surface area contributed by atoms with Crippen LogP contribution in [0.3, 0.4) is 0 Å². The van der Waals surface area contributed by atoms with Gasteiger partial charge >= 0.3 is 0 Å². The largest absolute Gasteiger partial charge is 0.381 e. The van der Waals surface area contributed by atoms with Crippen molar-refractivity contribution in [2.24, 2.45) is 16.1 Å². The molecule has 2 aliphatic carbocycles. The van der Waals surface area contributed by atoms with Crippen LogP contribution in [-0.2, 0) is 4.74 Å². The lowest BCUT2D eigenvalue weighted by Gasteiger charge is -2.35. The second kappa shape index (κ2) is 9.18. The summed E-state index contributed by atoms with van der Waals surface area (Å²) in [7, 11) is 1.82. The van der Waals surface area contributed by atoms with Crippen molar-refractivity contribution in [2.45, 2.75) is 76.9 Å². The molecule has 21 heavy (non-hydrogen) atoms. The fourth-order valence-electron chi connectivity index (χ4n) is 3.46. The standard InChI is InChI=1S/C16H31N3O.HI/c1-16(10-8-14(20-2)9-11-16)12-18-15(17)19-13-6-4-3-5-7-13;/h13-14H,3-12H2,1-2H3,(H3,17,18,19);1H. The van der Waals surface area contributed by atoms with E-state index in [0.717, 1.165) is 19.4 Å². The molecule has 124 valence electrons. The van der Waals surface area contributed by atoms with Crippen molar-refractivity contribution in [1.29, 1.82) is 0 Å². The molecule has 5 heteroatoms. The molecule has 0 bridgehead atoms. The highest BCUT2D eigenvalue weighted by atomic mass is 127. The summed E-state index contributed by atoms with van der Waals surface area (Å²) in [4.78, 5) is 4.61. The summed E-state index contributed by atoms with van der Waals surface area (Å²) < 4.78 is 5.44. The molecule has 0 amide bonds. The zero-order valence-corrected chi connectivity index (χ0v) is 15.9. The summed E-state index contributed by atoms with van der Waals surface area (Å²) >= 11 is 0. The molecule has 0 radical (unpaired) electrons. The van der Waals surface area contributed by atoms with E-state index >= 15 is 0 Å². The molecule has 0 atom stereocenters. The maximum atomic E-state index is 6.05. The zero-order chi connectivity index (χ0) is 14.4. The van der Waals surface area contributed by atoms with Crippen molar-refractivity contribution < 1.29 is 4.74 Å². The highest BCUT2D eigenvalue weighted by Gasteiger charge is 2.31. The van der Waals surface area contributed by atoms with Crippen LogP contribution in [0.1, 0.15) is 64.7 Å². The van der Waals surface area contributed by atoms with Crippen LogP contribution in [0.25, 0.3) is 0 Å². The number of nitrogens with two attached hydrogens (primary N) is 1. The number of nitrogens with one attached hydrogen (secondary N) is 1. The molecule has 0 aromatic heterocycles. The summed E-state index contributed by atoms with van der Waals surface area (Å²) in [5, 5.41) is 3.40. The van der Waals surface area contributed by atoms with Gasteiger partial charge in [-0.1, -0.05) is 26.2 Å². The summed E-state index contributed by atoms with van der Waals surface area (Å²) in [6, 6.07) is 0.546. The highest BCUT2D eigenvalue weighted by Crippen LogP contribution is 2.37. The van der Waals surface area contributed by atoms with Gasteiger partial charge in [-0.2, -0.15) is 0 Å². The van der Waals surface area contributed by atoms with Gasteiger partial charge in [-0.3, -0.25) is 4.99 Å². The number of rotatable bonds is 4. The predicted molar refractivity (Wildman–Crippen MR) is 99.3 cm³/mol. The third-order valence-corrected chi connectivity index (χ3v) is 5.06. The minimum absolute atomic E-state index is 0. The molecule has 4 nitrogen and oxygen atoms in total. The first-order chi connectivity index (χ1) is 9.61. The molecule has 0 aromatic carbocycles. The van der Waals surface area contributed by atoms with E-state index in [1.165, 1.54) is 44.9 Å². The molecule has 2 rings (SSSR count). The van der Waals surface area contributed by atoms with E-state index in [4.69, 9.17) is 10.5 Å². The van der Waals surface area contributed by atoms with Gasteiger partial charge in [-0.25, -0.2) is 0 Å². The quantitative estimate of drug-likeness (QED) is 0.425. The fourth-order valence-corrected chi connectivity index (χ4v) is 3.46. The number of aliphatic imine (C=N–C) groups is 1. The van der Waals surface area contributed by atoms with E-state index in [2.05, 4.69) is 17.2 Å². The number of methoxy groups -OCH3 is 1. The maximum Gasteiger partial charge on any atom is 0.188 e. The van der Waals surface area contributed by atoms with E-state index in [1.807, 2.05) is 7.11 Å². The van der Waals surface area contributed by atoms with Crippen LogP contribution in [0.15, 0.2) is 4.99 Å². The lowest BCUT2D eigenvalue weighted by atomic mass is 9.75. The Kier molecular flexibility index (Phi) is 8.31. The van der Waals surface area contributed by atoms with Crippen LogP contribution in [0.5, 0.6) is 0 Å². The number of guanidine groups is 1. The van der Waals surface area contributed by atoms with E-state index in [0.29, 0.717) is 23.5 Å². The van der Waals surface area contributed by atoms with Crippen LogP contribution in [0.2, 0.25) is 0 Å². The van der Waals surface area contributed by atoms with Crippen molar-refractivity contribution in [3.63, 3.8) is 0 Å². The average molecular weight is 409 g/mol. The minimum Gasteiger partial charge on any atom is -0.381 e. The molecule has 2 aliphatic rings. The highest BCUT2D eigenvalue weighted by molar-refractivity contribution is 14.0. The number of hydrogen-bond acceptors (Lipinski definition) is 2. The second-order valence-electron chi connectivity index (χ2n) is 6.93. The zero-order valence-electron chi connectivity index (χ0n) is 13.6. The first kappa shape index (κ1) is 19.0. The Morgan fingerprint density at radius 3 is 2.38 bits per heavy atom. The molecular weight excluding hydrogens is 377 g/mol. The van der Waals surface area contributed by atoms with Gasteiger partial charge in [-0.05, 0) is 43.9 Å². The van der Waals surface area contributed by atoms with E-state index in [9.17, 15) is 0 Å².